The van der Waals surface area contributed by atoms with Crippen LogP contribution in [0.4, 0.5) is 0 Å². The van der Waals surface area contributed by atoms with Gasteiger partial charge >= 0.3 is 0 Å². The standard InChI is InChI=1S/C13H22N2S/c1-9-7-13(16-10(9)2)12(15-14)8-11-5-3-4-6-11/h7,11-12,15H,3-6,8,14H2,1-2H3. The zero-order chi connectivity index (χ0) is 11.5. The van der Waals surface area contributed by atoms with Gasteiger partial charge in [-0.3, -0.25) is 11.3 Å². The Balaban J connectivity index is 2.03. The molecule has 1 unspecified atom stereocenters. The maximum absolute atomic E-state index is 5.70. The molecule has 16 heavy (non-hydrogen) atoms. The molecule has 1 aromatic heterocycles. The molecule has 1 aliphatic rings. The van der Waals surface area contributed by atoms with E-state index in [-0.39, 0.29) is 0 Å². The molecule has 3 heteroatoms. The molecule has 0 aromatic carbocycles. The second kappa shape index (κ2) is 5.30. The van der Waals surface area contributed by atoms with Gasteiger partial charge in [0.25, 0.3) is 0 Å². The van der Waals surface area contributed by atoms with Crippen LogP contribution in [0.25, 0.3) is 0 Å². The van der Waals surface area contributed by atoms with Crippen LogP contribution in [0.1, 0.15) is 53.5 Å². The molecule has 1 saturated carbocycles. The molecule has 1 atom stereocenters. The lowest BCUT2D eigenvalue weighted by Gasteiger charge is -2.18. The van der Waals surface area contributed by atoms with E-state index in [0.29, 0.717) is 6.04 Å². The van der Waals surface area contributed by atoms with E-state index in [1.807, 2.05) is 11.3 Å². The Morgan fingerprint density at radius 2 is 2.12 bits per heavy atom. The maximum atomic E-state index is 5.70. The van der Waals surface area contributed by atoms with Gasteiger partial charge in [-0.2, -0.15) is 0 Å². The molecule has 2 nitrogen and oxygen atoms in total. The van der Waals surface area contributed by atoms with E-state index in [1.165, 1.54) is 47.4 Å². The van der Waals surface area contributed by atoms with Crippen molar-refractivity contribution in [3.63, 3.8) is 0 Å². The Morgan fingerprint density at radius 1 is 1.44 bits per heavy atom. The molecular formula is C13H22N2S. The van der Waals surface area contributed by atoms with Crippen molar-refractivity contribution in [2.24, 2.45) is 11.8 Å². The highest BCUT2D eigenvalue weighted by atomic mass is 32.1. The smallest absolute Gasteiger partial charge is 0.0556 e. The van der Waals surface area contributed by atoms with Crippen LogP contribution in [0.5, 0.6) is 0 Å². The van der Waals surface area contributed by atoms with Crippen molar-refractivity contribution in [1.29, 1.82) is 0 Å². The highest BCUT2D eigenvalue weighted by Crippen LogP contribution is 2.35. The van der Waals surface area contributed by atoms with Gasteiger partial charge in [-0.1, -0.05) is 25.7 Å². The van der Waals surface area contributed by atoms with Crippen molar-refractivity contribution in [3.05, 3.63) is 21.4 Å². The van der Waals surface area contributed by atoms with Crippen LogP contribution in [0.15, 0.2) is 6.07 Å². The average molecular weight is 238 g/mol. The summed E-state index contributed by atoms with van der Waals surface area (Å²) in [6.45, 7) is 4.37. The van der Waals surface area contributed by atoms with E-state index < -0.39 is 0 Å². The minimum Gasteiger partial charge on any atom is -0.271 e. The molecule has 1 fully saturated rings. The van der Waals surface area contributed by atoms with E-state index in [4.69, 9.17) is 5.84 Å². The number of hydrogen-bond acceptors (Lipinski definition) is 3. The first-order chi connectivity index (χ1) is 7.70. The van der Waals surface area contributed by atoms with Gasteiger partial charge in [0, 0.05) is 9.75 Å². The molecule has 90 valence electrons. The fourth-order valence-electron chi connectivity index (χ4n) is 2.62. The van der Waals surface area contributed by atoms with Gasteiger partial charge in [0.2, 0.25) is 0 Å². The zero-order valence-electron chi connectivity index (χ0n) is 10.3. The molecule has 1 aliphatic carbocycles. The van der Waals surface area contributed by atoms with Gasteiger partial charge in [0.05, 0.1) is 6.04 Å². The number of nitrogens with two attached hydrogens (primary N) is 1. The number of nitrogens with one attached hydrogen (secondary N) is 1. The third-order valence-corrected chi connectivity index (χ3v) is 5.04. The molecule has 2 rings (SSSR count). The van der Waals surface area contributed by atoms with Crippen LogP contribution in [0.3, 0.4) is 0 Å². The van der Waals surface area contributed by atoms with E-state index in [1.54, 1.807) is 0 Å². The van der Waals surface area contributed by atoms with Crippen molar-refractivity contribution >= 4 is 11.3 Å². The fraction of sp³-hybridized carbons (Fsp3) is 0.692. The summed E-state index contributed by atoms with van der Waals surface area (Å²) in [4.78, 5) is 2.83. The predicted molar refractivity (Wildman–Crippen MR) is 70.4 cm³/mol. The molecule has 0 aliphatic heterocycles. The lowest BCUT2D eigenvalue weighted by Crippen LogP contribution is -2.28. The Kier molecular flexibility index (Phi) is 4.00. The summed E-state index contributed by atoms with van der Waals surface area (Å²) in [5.41, 5.74) is 4.39. The van der Waals surface area contributed by atoms with Gasteiger partial charge in [-0.15, -0.1) is 11.3 Å². The topological polar surface area (TPSA) is 38.0 Å². The van der Waals surface area contributed by atoms with Crippen molar-refractivity contribution in [1.82, 2.24) is 5.43 Å². The second-order valence-electron chi connectivity index (χ2n) is 4.99. The van der Waals surface area contributed by atoms with Crippen molar-refractivity contribution < 1.29 is 0 Å². The summed E-state index contributed by atoms with van der Waals surface area (Å²) in [6, 6.07) is 2.65. The van der Waals surface area contributed by atoms with Crippen molar-refractivity contribution in [2.75, 3.05) is 0 Å². The normalized spacial score (nSPS) is 19.2. The summed E-state index contributed by atoms with van der Waals surface area (Å²) in [6.07, 6.45) is 6.80. The molecule has 1 aromatic rings. The Labute approximate surface area is 102 Å². The number of thiophene rings is 1. The SMILES string of the molecule is Cc1cc(C(CC2CCCC2)NN)sc1C. The molecule has 3 N–H and O–H groups in total. The summed E-state index contributed by atoms with van der Waals surface area (Å²) in [5.74, 6) is 6.58. The molecule has 0 bridgehead atoms. The van der Waals surface area contributed by atoms with Crippen molar-refractivity contribution in [3.8, 4) is 0 Å². The van der Waals surface area contributed by atoms with E-state index >= 15 is 0 Å². The lowest BCUT2D eigenvalue weighted by atomic mass is 9.97. The minimum absolute atomic E-state index is 0.362. The van der Waals surface area contributed by atoms with Crippen LogP contribution < -0.4 is 11.3 Å². The maximum Gasteiger partial charge on any atom is 0.0556 e. The molecular weight excluding hydrogens is 216 g/mol. The van der Waals surface area contributed by atoms with Crippen LogP contribution in [0, 0.1) is 19.8 Å². The summed E-state index contributed by atoms with van der Waals surface area (Å²) < 4.78 is 0. The van der Waals surface area contributed by atoms with Gasteiger partial charge in [-0.25, -0.2) is 0 Å². The Hall–Kier alpha value is -0.380. The van der Waals surface area contributed by atoms with Crippen LogP contribution >= 0.6 is 11.3 Å². The van der Waals surface area contributed by atoms with Gasteiger partial charge < -0.3 is 0 Å². The fourth-order valence-corrected chi connectivity index (χ4v) is 3.73. The molecule has 0 radical (unpaired) electrons. The predicted octanol–water partition coefficient (Wildman–Crippen LogP) is 3.45. The minimum atomic E-state index is 0.362. The second-order valence-corrected chi connectivity index (χ2v) is 6.28. The largest absolute Gasteiger partial charge is 0.271 e. The molecule has 1 heterocycles. The average Bonchev–Trinajstić information content (AvgIpc) is 2.86. The van der Waals surface area contributed by atoms with E-state index in [2.05, 4.69) is 25.3 Å². The number of hydrogen-bond donors (Lipinski definition) is 2. The highest BCUT2D eigenvalue weighted by molar-refractivity contribution is 7.12. The lowest BCUT2D eigenvalue weighted by molar-refractivity contribution is 0.404. The number of aryl methyl sites for hydroxylation is 2. The highest BCUT2D eigenvalue weighted by Gasteiger charge is 2.21. The molecule has 0 spiro atoms. The first kappa shape index (κ1) is 12.1. The van der Waals surface area contributed by atoms with Gasteiger partial charge in [0.15, 0.2) is 0 Å². The number of rotatable bonds is 4. The number of hydrazine groups is 1. The monoisotopic (exact) mass is 238 g/mol. The Morgan fingerprint density at radius 3 is 2.62 bits per heavy atom. The third kappa shape index (κ3) is 2.65. The van der Waals surface area contributed by atoms with E-state index in [9.17, 15) is 0 Å². The van der Waals surface area contributed by atoms with Crippen LogP contribution in [-0.2, 0) is 0 Å². The van der Waals surface area contributed by atoms with E-state index in [0.717, 1.165) is 5.92 Å². The summed E-state index contributed by atoms with van der Waals surface area (Å²) >= 11 is 1.89. The third-order valence-electron chi connectivity index (χ3n) is 3.77. The van der Waals surface area contributed by atoms with Gasteiger partial charge in [0.1, 0.15) is 0 Å². The molecule has 0 saturated heterocycles. The summed E-state index contributed by atoms with van der Waals surface area (Å²) in [7, 11) is 0. The first-order valence-corrected chi connectivity index (χ1v) is 7.05. The Bertz CT molecular complexity index is 320. The first-order valence-electron chi connectivity index (χ1n) is 6.23. The van der Waals surface area contributed by atoms with Crippen LogP contribution in [-0.4, -0.2) is 0 Å². The molecule has 0 amide bonds. The van der Waals surface area contributed by atoms with Gasteiger partial charge in [-0.05, 0) is 37.8 Å². The van der Waals surface area contributed by atoms with Crippen LogP contribution in [0.2, 0.25) is 0 Å². The zero-order valence-corrected chi connectivity index (χ0v) is 11.1. The quantitative estimate of drug-likeness (QED) is 0.623. The summed E-state index contributed by atoms with van der Waals surface area (Å²) in [5, 5.41) is 0. The van der Waals surface area contributed by atoms with Crippen molar-refractivity contribution in [2.45, 2.75) is 52.0 Å².